The molecule has 1 heterocycles. The van der Waals surface area contributed by atoms with E-state index in [0.717, 1.165) is 11.3 Å². The van der Waals surface area contributed by atoms with Crippen molar-refractivity contribution in [3.8, 4) is 5.69 Å². The van der Waals surface area contributed by atoms with Gasteiger partial charge in [-0.3, -0.25) is 4.79 Å². The predicted octanol–water partition coefficient (Wildman–Crippen LogP) is 1.80. The van der Waals surface area contributed by atoms with Crippen molar-refractivity contribution in [3.05, 3.63) is 59.7 Å². The second kappa shape index (κ2) is 8.32. The molecule has 1 aromatic heterocycles. The maximum Gasteiger partial charge on any atom is 0.312 e. The van der Waals surface area contributed by atoms with E-state index in [1.54, 1.807) is 41.1 Å². The molecule has 4 N–H and O–H groups in total. The molecule has 138 valence electrons. The summed E-state index contributed by atoms with van der Waals surface area (Å²) in [5, 5.41) is 17.5. The van der Waals surface area contributed by atoms with Crippen LogP contribution < -0.4 is 16.4 Å². The van der Waals surface area contributed by atoms with Crippen LogP contribution in [0.5, 0.6) is 0 Å². The summed E-state index contributed by atoms with van der Waals surface area (Å²) in [4.78, 5) is 23.2. The highest BCUT2D eigenvalue weighted by Gasteiger charge is 2.10. The largest absolute Gasteiger partial charge is 0.352 e. The van der Waals surface area contributed by atoms with Crippen molar-refractivity contribution in [1.82, 2.24) is 25.5 Å². The number of benzene rings is 2. The Hall–Kier alpha value is -3.40. The van der Waals surface area contributed by atoms with Gasteiger partial charge >= 0.3 is 6.03 Å². The number of rotatable bonds is 6. The molecule has 0 aliphatic heterocycles. The van der Waals surface area contributed by atoms with Crippen LogP contribution in [0.3, 0.4) is 0 Å². The molecule has 0 spiro atoms. The normalized spacial score (nSPS) is 10.4. The van der Waals surface area contributed by atoms with Gasteiger partial charge in [0.25, 0.3) is 5.91 Å². The van der Waals surface area contributed by atoms with Gasteiger partial charge in [0, 0.05) is 17.8 Å². The fraction of sp³-hybridized carbons (Fsp3) is 0.118. The molecule has 0 bridgehead atoms. The number of nitrogens with two attached hydrogens (primary N) is 1. The number of primary amides is 1. The van der Waals surface area contributed by atoms with Crippen LogP contribution in [0.25, 0.3) is 5.69 Å². The van der Waals surface area contributed by atoms with Gasteiger partial charge in [-0.15, -0.1) is 5.10 Å². The topological polar surface area (TPSA) is 128 Å². The molecule has 3 rings (SSSR count). The van der Waals surface area contributed by atoms with Crippen LogP contribution in [-0.2, 0) is 6.54 Å². The molecule has 2 aromatic carbocycles. The van der Waals surface area contributed by atoms with E-state index in [9.17, 15) is 9.59 Å². The van der Waals surface area contributed by atoms with Crippen molar-refractivity contribution >= 4 is 29.4 Å². The van der Waals surface area contributed by atoms with Crippen molar-refractivity contribution in [3.63, 3.8) is 0 Å². The summed E-state index contributed by atoms with van der Waals surface area (Å²) in [6.45, 7) is 0.309. The minimum atomic E-state index is -0.594. The lowest BCUT2D eigenvalue weighted by Crippen LogP contribution is -2.28. The zero-order valence-corrected chi connectivity index (χ0v) is 15.2. The molecular formula is C17H17N7O2S. The minimum absolute atomic E-state index is 0.247. The molecule has 27 heavy (non-hydrogen) atoms. The smallest absolute Gasteiger partial charge is 0.312 e. The number of tetrazole rings is 1. The number of carbonyl (C=O) groups is 2. The maximum atomic E-state index is 12.5. The molecule has 0 fully saturated rings. The molecule has 0 unspecified atom stereocenters. The van der Waals surface area contributed by atoms with Crippen molar-refractivity contribution in [2.75, 3.05) is 11.6 Å². The van der Waals surface area contributed by atoms with E-state index in [4.69, 9.17) is 5.73 Å². The van der Waals surface area contributed by atoms with Gasteiger partial charge in [-0.1, -0.05) is 30.0 Å². The molecule has 3 aromatic rings. The second-order valence-electron chi connectivity index (χ2n) is 5.50. The molecule has 9 nitrogen and oxygen atoms in total. The van der Waals surface area contributed by atoms with E-state index in [2.05, 4.69) is 26.2 Å². The van der Waals surface area contributed by atoms with Gasteiger partial charge in [0.1, 0.15) is 0 Å². The standard InChI is InChI=1S/C17H17N7O2S/c1-27-17-21-22-23-24(17)14-4-2-3-13(9-14)20-15(25)12-7-5-11(6-8-12)10-19-16(18)26/h2-9H,10H2,1H3,(H,20,25)(H3,18,19,26). The Morgan fingerprint density at radius 3 is 2.67 bits per heavy atom. The van der Waals surface area contributed by atoms with E-state index in [0.29, 0.717) is 23.0 Å². The summed E-state index contributed by atoms with van der Waals surface area (Å²) < 4.78 is 1.60. The Morgan fingerprint density at radius 1 is 1.19 bits per heavy atom. The third-order valence-corrected chi connectivity index (χ3v) is 4.27. The highest BCUT2D eigenvalue weighted by Crippen LogP contribution is 2.19. The second-order valence-corrected chi connectivity index (χ2v) is 6.27. The molecule has 0 radical (unpaired) electrons. The van der Waals surface area contributed by atoms with Crippen molar-refractivity contribution < 1.29 is 9.59 Å². The number of nitrogens with zero attached hydrogens (tertiary/aromatic N) is 4. The van der Waals surface area contributed by atoms with Crippen LogP contribution in [0.15, 0.2) is 53.7 Å². The van der Waals surface area contributed by atoms with Crippen LogP contribution in [0, 0.1) is 0 Å². The summed E-state index contributed by atoms with van der Waals surface area (Å²) in [6, 6.07) is 13.5. The highest BCUT2D eigenvalue weighted by atomic mass is 32.2. The first-order valence-electron chi connectivity index (χ1n) is 7.93. The number of aromatic nitrogens is 4. The van der Waals surface area contributed by atoms with Crippen LogP contribution in [-0.4, -0.2) is 38.4 Å². The van der Waals surface area contributed by atoms with Gasteiger partial charge in [0.15, 0.2) is 0 Å². The third kappa shape index (κ3) is 4.61. The fourth-order valence-electron chi connectivity index (χ4n) is 2.35. The molecule has 0 aliphatic carbocycles. The Labute approximate surface area is 159 Å². The summed E-state index contributed by atoms with van der Waals surface area (Å²) in [5.74, 6) is -0.247. The van der Waals surface area contributed by atoms with Gasteiger partial charge in [-0.25, -0.2) is 4.79 Å². The molecule has 3 amide bonds. The Morgan fingerprint density at radius 2 is 1.96 bits per heavy atom. The Kier molecular flexibility index (Phi) is 5.67. The fourth-order valence-corrected chi connectivity index (χ4v) is 2.78. The van der Waals surface area contributed by atoms with E-state index in [-0.39, 0.29) is 5.91 Å². The average molecular weight is 383 g/mol. The number of amides is 3. The number of nitrogens with one attached hydrogen (secondary N) is 2. The van der Waals surface area contributed by atoms with Crippen LogP contribution in [0.4, 0.5) is 10.5 Å². The summed E-state index contributed by atoms with van der Waals surface area (Å²) in [5.41, 5.74) is 7.75. The molecular weight excluding hydrogens is 366 g/mol. The Balaban J connectivity index is 1.71. The lowest BCUT2D eigenvalue weighted by Gasteiger charge is -2.09. The van der Waals surface area contributed by atoms with Gasteiger partial charge in [-0.05, 0) is 52.6 Å². The van der Waals surface area contributed by atoms with Gasteiger partial charge in [0.2, 0.25) is 5.16 Å². The lowest BCUT2D eigenvalue weighted by atomic mass is 10.1. The first-order chi connectivity index (χ1) is 13.1. The third-order valence-electron chi connectivity index (χ3n) is 3.65. The quantitative estimate of drug-likeness (QED) is 0.557. The number of urea groups is 1. The summed E-state index contributed by atoms with van der Waals surface area (Å²) in [7, 11) is 0. The first kappa shape index (κ1) is 18.4. The van der Waals surface area contributed by atoms with Crippen LogP contribution >= 0.6 is 11.8 Å². The minimum Gasteiger partial charge on any atom is -0.352 e. The molecule has 0 aliphatic rings. The predicted molar refractivity (Wildman–Crippen MR) is 102 cm³/mol. The van der Waals surface area contributed by atoms with Gasteiger partial charge in [-0.2, -0.15) is 4.68 Å². The van der Waals surface area contributed by atoms with Crippen LogP contribution in [0.2, 0.25) is 0 Å². The molecule has 0 saturated carbocycles. The van der Waals surface area contributed by atoms with Crippen molar-refractivity contribution in [1.29, 1.82) is 0 Å². The molecule has 10 heteroatoms. The van der Waals surface area contributed by atoms with E-state index in [1.807, 2.05) is 18.4 Å². The van der Waals surface area contributed by atoms with Crippen molar-refractivity contribution in [2.24, 2.45) is 5.73 Å². The average Bonchev–Trinajstić information content (AvgIpc) is 3.16. The highest BCUT2D eigenvalue weighted by molar-refractivity contribution is 7.98. The van der Waals surface area contributed by atoms with Crippen LogP contribution in [0.1, 0.15) is 15.9 Å². The van der Waals surface area contributed by atoms with Gasteiger partial charge < -0.3 is 16.4 Å². The lowest BCUT2D eigenvalue weighted by molar-refractivity contribution is 0.102. The first-order valence-corrected chi connectivity index (χ1v) is 9.15. The maximum absolute atomic E-state index is 12.5. The van der Waals surface area contributed by atoms with Gasteiger partial charge in [0.05, 0.1) is 5.69 Å². The number of carbonyl (C=O) groups excluding carboxylic acids is 2. The zero-order valence-electron chi connectivity index (χ0n) is 14.4. The SMILES string of the molecule is CSc1nnnn1-c1cccc(NC(=O)c2ccc(CNC(N)=O)cc2)c1. The monoisotopic (exact) mass is 383 g/mol. The molecule has 0 saturated heterocycles. The number of anilines is 1. The number of thioether (sulfide) groups is 1. The Bertz CT molecular complexity index is 956. The number of hydrogen-bond acceptors (Lipinski definition) is 6. The van der Waals surface area contributed by atoms with E-state index >= 15 is 0 Å². The van der Waals surface area contributed by atoms with E-state index in [1.165, 1.54) is 11.8 Å². The zero-order chi connectivity index (χ0) is 19.2. The molecule has 0 atom stereocenters. The summed E-state index contributed by atoms with van der Waals surface area (Å²) >= 11 is 1.43. The van der Waals surface area contributed by atoms with Crippen molar-refractivity contribution in [2.45, 2.75) is 11.7 Å². The summed E-state index contributed by atoms with van der Waals surface area (Å²) in [6.07, 6.45) is 1.89. The number of hydrogen-bond donors (Lipinski definition) is 3. The van der Waals surface area contributed by atoms with E-state index < -0.39 is 6.03 Å².